The van der Waals surface area contributed by atoms with Gasteiger partial charge in [0.05, 0.1) is 26.6 Å². The largest absolute Gasteiger partial charge is 0.397 e. The molecule has 0 radical (unpaired) electrons. The fourth-order valence-electron chi connectivity index (χ4n) is 2.67. The molecule has 0 atom stereocenters. The van der Waals surface area contributed by atoms with Crippen molar-refractivity contribution in [1.82, 2.24) is 4.98 Å². The fraction of sp³-hybridized carbons (Fsp3) is 0.500. The van der Waals surface area contributed by atoms with E-state index in [1.165, 1.54) is 24.0 Å². The van der Waals surface area contributed by atoms with Crippen molar-refractivity contribution < 1.29 is 0 Å². The Balaban J connectivity index is 1.98. The lowest BCUT2D eigenvalue weighted by Gasteiger charge is -2.43. The molecule has 0 aliphatic heterocycles. The van der Waals surface area contributed by atoms with Gasteiger partial charge in [0, 0.05) is 5.54 Å². The number of nitrogens with two attached hydrogens (primary N) is 1. The second kappa shape index (κ2) is 4.12. The molecule has 1 aliphatic carbocycles. The molecule has 0 bridgehead atoms. The Bertz CT molecular complexity index is 578. The summed E-state index contributed by atoms with van der Waals surface area (Å²) < 4.78 is 1.18. The third-order valence-corrected chi connectivity index (χ3v) is 4.99. The number of nitrogens with one attached hydrogen (secondary N) is 1. The van der Waals surface area contributed by atoms with Crippen molar-refractivity contribution in [3.8, 4) is 0 Å². The van der Waals surface area contributed by atoms with Crippen LogP contribution in [0.2, 0.25) is 0 Å². The Hall–Kier alpha value is -1.29. The van der Waals surface area contributed by atoms with Gasteiger partial charge in [-0.25, -0.2) is 4.98 Å². The van der Waals surface area contributed by atoms with Crippen LogP contribution in [0.4, 0.5) is 11.4 Å². The van der Waals surface area contributed by atoms with Gasteiger partial charge in [0.25, 0.3) is 0 Å². The molecule has 0 saturated heterocycles. The second-order valence-corrected chi connectivity index (χ2v) is 6.49. The van der Waals surface area contributed by atoms with Crippen LogP contribution in [0.5, 0.6) is 0 Å². The lowest BCUT2D eigenvalue weighted by atomic mass is 9.74. The summed E-state index contributed by atoms with van der Waals surface area (Å²) in [5.41, 5.74) is 9.37. The number of anilines is 2. The van der Waals surface area contributed by atoms with Crippen molar-refractivity contribution in [2.24, 2.45) is 0 Å². The standard InChI is InChI=1S/C14H19N3S/c1-3-14(5-4-6-14)17-11-8-12-13(7-10(11)15)18-9(2)16-12/h7-8,17H,3-6,15H2,1-2H3. The Morgan fingerprint density at radius 1 is 1.44 bits per heavy atom. The monoisotopic (exact) mass is 261 g/mol. The summed E-state index contributed by atoms with van der Waals surface area (Å²) in [6.45, 7) is 4.28. The van der Waals surface area contributed by atoms with Gasteiger partial charge in [-0.15, -0.1) is 11.3 Å². The Morgan fingerprint density at radius 2 is 2.22 bits per heavy atom. The first-order chi connectivity index (χ1) is 8.62. The molecule has 1 aliphatic rings. The maximum Gasteiger partial charge on any atom is 0.0907 e. The van der Waals surface area contributed by atoms with Crippen LogP contribution in [0, 0.1) is 6.92 Å². The Kier molecular flexibility index (Phi) is 2.70. The minimum atomic E-state index is 0.271. The number of rotatable bonds is 3. The molecule has 0 spiro atoms. The quantitative estimate of drug-likeness (QED) is 0.823. The number of aromatic nitrogens is 1. The van der Waals surface area contributed by atoms with Crippen molar-refractivity contribution in [2.45, 2.75) is 45.1 Å². The first-order valence-electron chi connectivity index (χ1n) is 6.57. The highest BCUT2D eigenvalue weighted by Gasteiger charge is 2.35. The van der Waals surface area contributed by atoms with E-state index in [2.05, 4.69) is 23.3 Å². The average molecular weight is 261 g/mol. The minimum Gasteiger partial charge on any atom is -0.397 e. The molecule has 18 heavy (non-hydrogen) atoms. The molecule has 1 aromatic carbocycles. The summed E-state index contributed by atoms with van der Waals surface area (Å²) >= 11 is 1.70. The van der Waals surface area contributed by atoms with Gasteiger partial charge in [-0.2, -0.15) is 0 Å². The van der Waals surface area contributed by atoms with Crippen molar-refractivity contribution in [3.63, 3.8) is 0 Å². The molecular weight excluding hydrogens is 242 g/mol. The number of nitrogens with zero attached hydrogens (tertiary/aromatic N) is 1. The van der Waals surface area contributed by atoms with E-state index in [9.17, 15) is 0 Å². The number of thiazole rings is 1. The summed E-state index contributed by atoms with van der Waals surface area (Å²) in [5, 5.41) is 4.74. The van der Waals surface area contributed by atoms with Crippen LogP contribution in [0.3, 0.4) is 0 Å². The molecule has 3 nitrogen and oxygen atoms in total. The highest BCUT2D eigenvalue weighted by Crippen LogP contribution is 2.40. The smallest absolute Gasteiger partial charge is 0.0907 e. The second-order valence-electron chi connectivity index (χ2n) is 5.25. The third kappa shape index (κ3) is 1.85. The highest BCUT2D eigenvalue weighted by molar-refractivity contribution is 7.18. The molecule has 1 fully saturated rings. The van der Waals surface area contributed by atoms with Gasteiger partial charge in [-0.3, -0.25) is 0 Å². The Labute approximate surface area is 111 Å². The predicted molar refractivity (Wildman–Crippen MR) is 79.3 cm³/mol. The fourth-order valence-corrected chi connectivity index (χ4v) is 3.53. The van der Waals surface area contributed by atoms with Gasteiger partial charge in [0.15, 0.2) is 0 Å². The van der Waals surface area contributed by atoms with E-state index < -0.39 is 0 Å². The number of aryl methyl sites for hydroxylation is 1. The van der Waals surface area contributed by atoms with Crippen LogP contribution < -0.4 is 11.1 Å². The highest BCUT2D eigenvalue weighted by atomic mass is 32.1. The van der Waals surface area contributed by atoms with E-state index in [1.807, 2.05) is 13.0 Å². The summed E-state index contributed by atoms with van der Waals surface area (Å²) in [4.78, 5) is 4.54. The summed E-state index contributed by atoms with van der Waals surface area (Å²) in [6.07, 6.45) is 4.97. The topological polar surface area (TPSA) is 50.9 Å². The van der Waals surface area contributed by atoms with Gasteiger partial charge in [-0.05, 0) is 44.7 Å². The zero-order chi connectivity index (χ0) is 12.8. The first kappa shape index (κ1) is 11.8. The van der Waals surface area contributed by atoms with Crippen LogP contribution >= 0.6 is 11.3 Å². The Morgan fingerprint density at radius 3 is 2.83 bits per heavy atom. The first-order valence-corrected chi connectivity index (χ1v) is 7.38. The molecular formula is C14H19N3S. The third-order valence-electron chi connectivity index (χ3n) is 4.05. The molecule has 4 heteroatoms. The maximum atomic E-state index is 6.15. The zero-order valence-electron chi connectivity index (χ0n) is 10.9. The van der Waals surface area contributed by atoms with Gasteiger partial charge in [0.1, 0.15) is 0 Å². The number of fused-ring (bicyclic) bond motifs is 1. The number of benzene rings is 1. The van der Waals surface area contributed by atoms with Crippen LogP contribution in [-0.2, 0) is 0 Å². The minimum absolute atomic E-state index is 0.271. The van der Waals surface area contributed by atoms with Crippen molar-refractivity contribution in [1.29, 1.82) is 0 Å². The lowest BCUT2D eigenvalue weighted by molar-refractivity contribution is 0.270. The summed E-state index contributed by atoms with van der Waals surface area (Å²) in [5.74, 6) is 0. The van der Waals surface area contributed by atoms with E-state index in [1.54, 1.807) is 11.3 Å². The summed E-state index contributed by atoms with van der Waals surface area (Å²) in [6, 6.07) is 4.15. The molecule has 0 unspecified atom stereocenters. The van der Waals surface area contributed by atoms with Crippen LogP contribution in [0.1, 0.15) is 37.6 Å². The SMILES string of the molecule is CCC1(Nc2cc3nc(C)sc3cc2N)CCC1. The maximum absolute atomic E-state index is 6.15. The van der Waals surface area contributed by atoms with E-state index in [0.717, 1.165) is 28.3 Å². The average Bonchev–Trinajstić information content (AvgIpc) is 2.63. The number of hydrogen-bond donors (Lipinski definition) is 2. The van der Waals surface area contributed by atoms with Crippen LogP contribution in [0.15, 0.2) is 12.1 Å². The molecule has 1 saturated carbocycles. The lowest BCUT2D eigenvalue weighted by Crippen LogP contribution is -2.44. The van der Waals surface area contributed by atoms with Crippen molar-refractivity contribution in [2.75, 3.05) is 11.1 Å². The van der Waals surface area contributed by atoms with E-state index >= 15 is 0 Å². The number of nitrogen functional groups attached to an aromatic ring is 1. The summed E-state index contributed by atoms with van der Waals surface area (Å²) in [7, 11) is 0. The van der Waals surface area contributed by atoms with E-state index in [4.69, 9.17) is 5.73 Å². The normalized spacial score (nSPS) is 17.7. The molecule has 2 aromatic rings. The van der Waals surface area contributed by atoms with Crippen molar-refractivity contribution in [3.05, 3.63) is 17.1 Å². The predicted octanol–water partition coefficient (Wildman–Crippen LogP) is 3.93. The van der Waals surface area contributed by atoms with Gasteiger partial charge < -0.3 is 11.1 Å². The van der Waals surface area contributed by atoms with Crippen LogP contribution in [0.25, 0.3) is 10.2 Å². The van der Waals surface area contributed by atoms with Gasteiger partial charge in [0.2, 0.25) is 0 Å². The molecule has 1 aromatic heterocycles. The van der Waals surface area contributed by atoms with Gasteiger partial charge >= 0.3 is 0 Å². The zero-order valence-corrected chi connectivity index (χ0v) is 11.7. The van der Waals surface area contributed by atoms with E-state index in [-0.39, 0.29) is 5.54 Å². The molecule has 3 N–H and O–H groups in total. The molecule has 0 amide bonds. The molecule has 3 rings (SSSR count). The molecule has 1 heterocycles. The van der Waals surface area contributed by atoms with Crippen LogP contribution in [-0.4, -0.2) is 10.5 Å². The van der Waals surface area contributed by atoms with Crippen molar-refractivity contribution >= 4 is 32.9 Å². The molecule has 96 valence electrons. The number of hydrogen-bond acceptors (Lipinski definition) is 4. The van der Waals surface area contributed by atoms with E-state index in [0.29, 0.717) is 0 Å². The van der Waals surface area contributed by atoms with Gasteiger partial charge in [-0.1, -0.05) is 6.92 Å².